The predicted octanol–water partition coefficient (Wildman–Crippen LogP) is 4.18. The van der Waals surface area contributed by atoms with Crippen LogP contribution in [0.4, 0.5) is 0 Å². The molecule has 1 aromatic heterocycles. The van der Waals surface area contributed by atoms with Crippen molar-refractivity contribution >= 4 is 16.9 Å². The van der Waals surface area contributed by atoms with Gasteiger partial charge < -0.3 is 13.9 Å². The van der Waals surface area contributed by atoms with Crippen LogP contribution in [0, 0.1) is 6.92 Å². The van der Waals surface area contributed by atoms with Gasteiger partial charge >= 0.3 is 11.6 Å². The average Bonchev–Trinajstić information content (AvgIpc) is 2.67. The maximum Gasteiger partial charge on any atom is 0.336 e. The van der Waals surface area contributed by atoms with Gasteiger partial charge in [-0.3, -0.25) is 4.79 Å². The molecule has 3 aromatic rings. The van der Waals surface area contributed by atoms with Crippen LogP contribution < -0.4 is 10.4 Å². The van der Waals surface area contributed by atoms with Crippen LogP contribution in [0.15, 0.2) is 57.7 Å². The fraction of sp³-hybridized carbons (Fsp3) is 0.273. The number of carbonyl (C=O) groups is 1. The SMILES string of the molecule is CCc1ccc2c(COC(=O)CCOc3ccccc3C)cc(=O)oc2c1. The largest absolute Gasteiger partial charge is 0.493 e. The Morgan fingerprint density at radius 3 is 2.70 bits per heavy atom. The molecular weight excluding hydrogens is 344 g/mol. The first kappa shape index (κ1) is 18.7. The summed E-state index contributed by atoms with van der Waals surface area (Å²) in [5.74, 6) is 0.374. The van der Waals surface area contributed by atoms with Gasteiger partial charge in [0.05, 0.1) is 13.0 Å². The number of esters is 1. The number of para-hydroxylation sites is 1. The van der Waals surface area contributed by atoms with Gasteiger partial charge in [0.25, 0.3) is 0 Å². The van der Waals surface area contributed by atoms with Crippen molar-refractivity contribution in [3.8, 4) is 5.75 Å². The summed E-state index contributed by atoms with van der Waals surface area (Å²) in [6, 6.07) is 14.7. The van der Waals surface area contributed by atoms with E-state index in [0.717, 1.165) is 28.7 Å². The first-order chi connectivity index (χ1) is 13.1. The second-order valence-corrected chi connectivity index (χ2v) is 6.30. The van der Waals surface area contributed by atoms with Gasteiger partial charge in [0.1, 0.15) is 17.9 Å². The summed E-state index contributed by atoms with van der Waals surface area (Å²) in [6.45, 7) is 4.24. The second-order valence-electron chi connectivity index (χ2n) is 6.30. The van der Waals surface area contributed by atoms with E-state index in [4.69, 9.17) is 13.9 Å². The molecule has 0 fully saturated rings. The average molecular weight is 366 g/mol. The Hall–Kier alpha value is -3.08. The number of benzene rings is 2. The molecule has 140 valence electrons. The minimum Gasteiger partial charge on any atom is -0.493 e. The van der Waals surface area contributed by atoms with Crippen molar-refractivity contribution in [1.82, 2.24) is 0 Å². The summed E-state index contributed by atoms with van der Waals surface area (Å²) in [5, 5.41) is 0.774. The zero-order valence-corrected chi connectivity index (χ0v) is 15.5. The fourth-order valence-electron chi connectivity index (χ4n) is 2.81. The maximum atomic E-state index is 12.0. The van der Waals surface area contributed by atoms with Crippen molar-refractivity contribution in [1.29, 1.82) is 0 Å². The Kier molecular flexibility index (Phi) is 5.91. The third kappa shape index (κ3) is 4.76. The molecular formula is C22H22O5. The van der Waals surface area contributed by atoms with Gasteiger partial charge in [0.2, 0.25) is 0 Å². The molecule has 0 aliphatic rings. The van der Waals surface area contributed by atoms with Crippen molar-refractivity contribution in [2.24, 2.45) is 0 Å². The number of carbonyl (C=O) groups excluding carboxylic acids is 1. The number of aryl methyl sites for hydroxylation is 2. The number of hydrogen-bond donors (Lipinski definition) is 0. The van der Waals surface area contributed by atoms with Crippen molar-refractivity contribution in [2.45, 2.75) is 33.3 Å². The molecule has 2 aromatic carbocycles. The van der Waals surface area contributed by atoms with Crippen LogP contribution in [0.5, 0.6) is 5.75 Å². The molecule has 0 saturated heterocycles. The number of fused-ring (bicyclic) bond motifs is 1. The zero-order valence-electron chi connectivity index (χ0n) is 15.5. The molecule has 1 heterocycles. The zero-order chi connectivity index (χ0) is 19.2. The summed E-state index contributed by atoms with van der Waals surface area (Å²) >= 11 is 0. The summed E-state index contributed by atoms with van der Waals surface area (Å²) in [5.41, 5.74) is 2.78. The molecule has 0 spiro atoms. The van der Waals surface area contributed by atoms with E-state index in [1.807, 2.05) is 56.3 Å². The molecule has 0 N–H and O–H groups in total. The van der Waals surface area contributed by atoms with Gasteiger partial charge in [-0.05, 0) is 36.6 Å². The monoisotopic (exact) mass is 366 g/mol. The summed E-state index contributed by atoms with van der Waals surface area (Å²) in [4.78, 5) is 23.8. The number of ether oxygens (including phenoxy) is 2. The number of hydrogen-bond acceptors (Lipinski definition) is 5. The normalized spacial score (nSPS) is 10.7. The molecule has 27 heavy (non-hydrogen) atoms. The minimum atomic E-state index is -0.454. The molecule has 0 aliphatic carbocycles. The lowest BCUT2D eigenvalue weighted by atomic mass is 10.1. The molecule has 0 atom stereocenters. The van der Waals surface area contributed by atoms with Crippen LogP contribution in [0.2, 0.25) is 0 Å². The van der Waals surface area contributed by atoms with Crippen LogP contribution >= 0.6 is 0 Å². The Balaban J connectivity index is 1.60. The molecule has 0 aliphatic heterocycles. The second kappa shape index (κ2) is 8.54. The minimum absolute atomic E-state index is 0.0246. The topological polar surface area (TPSA) is 65.7 Å². The van der Waals surface area contributed by atoms with Crippen molar-refractivity contribution in [3.63, 3.8) is 0 Å². The quantitative estimate of drug-likeness (QED) is 0.464. The first-order valence-corrected chi connectivity index (χ1v) is 8.96. The van der Waals surface area contributed by atoms with E-state index in [0.29, 0.717) is 11.1 Å². The van der Waals surface area contributed by atoms with Gasteiger partial charge in [0, 0.05) is 17.0 Å². The molecule has 5 nitrogen and oxygen atoms in total. The van der Waals surface area contributed by atoms with E-state index in [1.54, 1.807) is 0 Å². The van der Waals surface area contributed by atoms with Crippen LogP contribution in [0.3, 0.4) is 0 Å². The van der Waals surface area contributed by atoms with Gasteiger partial charge in [-0.25, -0.2) is 4.79 Å². The molecule has 0 radical (unpaired) electrons. The standard InChI is InChI=1S/C22H22O5/c1-3-16-8-9-18-17(13-22(24)27-20(18)12-16)14-26-21(23)10-11-25-19-7-5-4-6-15(19)2/h4-9,12-13H,3,10-11,14H2,1-2H3. The lowest BCUT2D eigenvalue weighted by molar-refractivity contribution is -0.145. The summed E-state index contributed by atoms with van der Waals surface area (Å²) in [7, 11) is 0. The molecule has 0 unspecified atom stereocenters. The molecule has 0 saturated carbocycles. The van der Waals surface area contributed by atoms with Gasteiger partial charge in [0.15, 0.2) is 0 Å². The highest BCUT2D eigenvalue weighted by atomic mass is 16.5. The van der Waals surface area contributed by atoms with Crippen LogP contribution in [0.25, 0.3) is 11.0 Å². The molecule has 3 rings (SSSR count). The Labute approximate surface area is 157 Å². The smallest absolute Gasteiger partial charge is 0.336 e. The lowest BCUT2D eigenvalue weighted by Crippen LogP contribution is -2.11. The van der Waals surface area contributed by atoms with Crippen molar-refractivity contribution < 1.29 is 18.7 Å². The Morgan fingerprint density at radius 1 is 1.11 bits per heavy atom. The lowest BCUT2D eigenvalue weighted by Gasteiger charge is -2.10. The highest BCUT2D eigenvalue weighted by Gasteiger charge is 2.10. The van der Waals surface area contributed by atoms with Crippen LogP contribution in [-0.4, -0.2) is 12.6 Å². The number of rotatable bonds is 7. The van der Waals surface area contributed by atoms with E-state index in [2.05, 4.69) is 0 Å². The summed E-state index contributed by atoms with van der Waals surface area (Å²) < 4.78 is 16.2. The highest BCUT2D eigenvalue weighted by molar-refractivity contribution is 5.81. The van der Waals surface area contributed by atoms with Crippen LogP contribution in [0.1, 0.15) is 30.0 Å². The third-order valence-electron chi connectivity index (χ3n) is 4.35. The maximum absolute atomic E-state index is 12.0. The van der Waals surface area contributed by atoms with Crippen molar-refractivity contribution in [2.75, 3.05) is 6.61 Å². The van der Waals surface area contributed by atoms with E-state index in [-0.39, 0.29) is 25.6 Å². The van der Waals surface area contributed by atoms with E-state index >= 15 is 0 Å². The van der Waals surface area contributed by atoms with Gasteiger partial charge in [-0.2, -0.15) is 0 Å². The van der Waals surface area contributed by atoms with Gasteiger partial charge in [-0.15, -0.1) is 0 Å². The Morgan fingerprint density at radius 2 is 1.93 bits per heavy atom. The van der Waals surface area contributed by atoms with E-state index in [9.17, 15) is 9.59 Å². The molecule has 0 bridgehead atoms. The first-order valence-electron chi connectivity index (χ1n) is 8.96. The van der Waals surface area contributed by atoms with E-state index in [1.165, 1.54) is 6.07 Å². The van der Waals surface area contributed by atoms with Crippen LogP contribution in [-0.2, 0) is 22.6 Å². The van der Waals surface area contributed by atoms with E-state index < -0.39 is 5.63 Å². The molecule has 0 amide bonds. The Bertz CT molecular complexity index is 1000. The third-order valence-corrected chi connectivity index (χ3v) is 4.35. The summed E-state index contributed by atoms with van der Waals surface area (Å²) in [6.07, 6.45) is 0.980. The fourth-order valence-corrected chi connectivity index (χ4v) is 2.81. The highest BCUT2D eigenvalue weighted by Crippen LogP contribution is 2.20. The van der Waals surface area contributed by atoms with Crippen molar-refractivity contribution in [3.05, 3.63) is 75.6 Å². The molecule has 5 heteroatoms. The van der Waals surface area contributed by atoms with Gasteiger partial charge in [-0.1, -0.05) is 37.3 Å². The predicted molar refractivity (Wildman–Crippen MR) is 103 cm³/mol.